The summed E-state index contributed by atoms with van der Waals surface area (Å²) in [5.41, 5.74) is 1.21. The van der Waals surface area contributed by atoms with Crippen LogP contribution in [0.5, 0.6) is 0 Å². The molecule has 1 unspecified atom stereocenters. The van der Waals surface area contributed by atoms with Gasteiger partial charge in [0.05, 0.1) is 12.7 Å². The average molecular weight is 266 g/mol. The Morgan fingerprint density at radius 1 is 1.37 bits per heavy atom. The molecule has 3 rings (SSSR count). The molecule has 4 nitrogen and oxygen atoms in total. The maximum absolute atomic E-state index is 11.4. The fourth-order valence-corrected chi connectivity index (χ4v) is 4.21. The van der Waals surface area contributed by atoms with E-state index in [1.54, 1.807) is 0 Å². The first-order valence-electron chi connectivity index (χ1n) is 7.10. The fraction of sp³-hybridized carbons (Fsp3) is 0.800. The molecule has 0 amide bonds. The lowest BCUT2D eigenvalue weighted by Crippen LogP contribution is -2.56. The maximum atomic E-state index is 11.4. The lowest BCUT2D eigenvalue weighted by atomic mass is 9.56. The first-order valence-corrected chi connectivity index (χ1v) is 7.10. The van der Waals surface area contributed by atoms with E-state index in [1.165, 1.54) is 11.1 Å². The molecule has 3 fully saturated rings. The Morgan fingerprint density at radius 3 is 2.74 bits per heavy atom. The zero-order chi connectivity index (χ0) is 13.8. The van der Waals surface area contributed by atoms with Crippen molar-refractivity contribution in [2.24, 2.45) is 11.3 Å². The largest absolute Gasteiger partial charge is 0.479 e. The zero-order valence-electron chi connectivity index (χ0n) is 11.6. The minimum Gasteiger partial charge on any atom is -0.479 e. The van der Waals surface area contributed by atoms with Crippen LogP contribution < -0.4 is 0 Å². The zero-order valence-corrected chi connectivity index (χ0v) is 11.6. The van der Waals surface area contributed by atoms with E-state index in [-0.39, 0.29) is 11.3 Å². The summed E-state index contributed by atoms with van der Waals surface area (Å²) in [5, 5.41) is 19.8. The van der Waals surface area contributed by atoms with E-state index in [4.69, 9.17) is 4.74 Å². The average Bonchev–Trinajstić information content (AvgIpc) is 2.72. The molecule has 0 aromatic heterocycles. The van der Waals surface area contributed by atoms with Crippen LogP contribution in [0.15, 0.2) is 11.1 Å². The fourth-order valence-electron chi connectivity index (χ4n) is 4.21. The molecule has 1 saturated heterocycles. The van der Waals surface area contributed by atoms with Gasteiger partial charge >= 0.3 is 5.97 Å². The number of aliphatic carboxylic acids is 1. The molecule has 4 atom stereocenters. The first-order chi connectivity index (χ1) is 8.87. The summed E-state index contributed by atoms with van der Waals surface area (Å²) in [6.45, 7) is 4.86. The number of aliphatic hydroxyl groups is 1. The summed E-state index contributed by atoms with van der Waals surface area (Å²) in [4.78, 5) is 11.4. The van der Waals surface area contributed by atoms with Gasteiger partial charge in [-0.2, -0.15) is 0 Å². The van der Waals surface area contributed by atoms with Crippen LogP contribution in [0.2, 0.25) is 0 Å². The number of carbonyl (C=O) groups is 1. The van der Waals surface area contributed by atoms with Crippen LogP contribution in [0.4, 0.5) is 0 Å². The summed E-state index contributed by atoms with van der Waals surface area (Å²) in [6, 6.07) is 0. The number of hydrogen-bond donors (Lipinski definition) is 2. The van der Waals surface area contributed by atoms with Crippen molar-refractivity contribution < 1.29 is 19.7 Å². The normalized spacial score (nSPS) is 44.9. The molecule has 106 valence electrons. The third-order valence-corrected chi connectivity index (χ3v) is 5.62. The van der Waals surface area contributed by atoms with Crippen LogP contribution in [0.25, 0.3) is 0 Å². The summed E-state index contributed by atoms with van der Waals surface area (Å²) in [7, 11) is 0. The van der Waals surface area contributed by atoms with Crippen LogP contribution in [0.3, 0.4) is 0 Å². The highest BCUT2D eigenvalue weighted by Gasteiger charge is 2.62. The van der Waals surface area contributed by atoms with Gasteiger partial charge in [0.1, 0.15) is 0 Å². The van der Waals surface area contributed by atoms with E-state index >= 15 is 0 Å². The third kappa shape index (κ3) is 1.77. The van der Waals surface area contributed by atoms with Gasteiger partial charge in [-0.05, 0) is 57.3 Å². The number of rotatable bonds is 1. The quantitative estimate of drug-likeness (QED) is 0.713. The molecular weight excluding hydrogens is 244 g/mol. The molecule has 0 aromatic carbocycles. The molecule has 1 heterocycles. The van der Waals surface area contributed by atoms with Gasteiger partial charge in [0.15, 0.2) is 5.60 Å². The third-order valence-electron chi connectivity index (χ3n) is 5.62. The summed E-state index contributed by atoms with van der Waals surface area (Å²) in [5.74, 6) is -0.886. The smallest absolute Gasteiger partial charge is 0.338 e. The van der Waals surface area contributed by atoms with Gasteiger partial charge in [0.2, 0.25) is 0 Å². The predicted octanol–water partition coefficient (Wildman–Crippen LogP) is 2.12. The molecule has 1 spiro atoms. The van der Waals surface area contributed by atoms with E-state index in [1.807, 2.05) is 0 Å². The Hall–Kier alpha value is -0.870. The van der Waals surface area contributed by atoms with Crippen molar-refractivity contribution in [2.45, 2.75) is 57.7 Å². The highest BCUT2D eigenvalue weighted by atomic mass is 16.5. The van der Waals surface area contributed by atoms with Gasteiger partial charge in [-0.25, -0.2) is 4.79 Å². The second-order valence-electron chi connectivity index (χ2n) is 6.80. The lowest BCUT2D eigenvalue weighted by Gasteiger charge is -2.48. The number of fused-ring (bicyclic) bond motifs is 1. The topological polar surface area (TPSA) is 66.8 Å². The Kier molecular flexibility index (Phi) is 2.81. The van der Waals surface area contributed by atoms with Gasteiger partial charge in [-0.1, -0.05) is 11.1 Å². The molecule has 1 aliphatic heterocycles. The number of carboxylic acid groups (broad SMARTS) is 1. The molecule has 2 bridgehead atoms. The Balaban J connectivity index is 1.93. The van der Waals surface area contributed by atoms with Gasteiger partial charge in [0, 0.05) is 0 Å². The molecule has 0 radical (unpaired) electrons. The van der Waals surface area contributed by atoms with Crippen LogP contribution in [0, 0.1) is 11.3 Å². The SMILES string of the molecule is CC(C)=C1CC[C@]23CO[C@H](C2)[C@@](O)(C(=O)O)CC3C1. The number of hydrogen-bond acceptors (Lipinski definition) is 3. The highest BCUT2D eigenvalue weighted by molar-refractivity contribution is 5.78. The van der Waals surface area contributed by atoms with Gasteiger partial charge in [-0.3, -0.25) is 0 Å². The number of carboxylic acids is 1. The highest BCUT2D eigenvalue weighted by Crippen LogP contribution is 2.58. The van der Waals surface area contributed by atoms with Gasteiger partial charge in [0.25, 0.3) is 0 Å². The minimum atomic E-state index is -1.69. The Morgan fingerprint density at radius 2 is 2.11 bits per heavy atom. The van der Waals surface area contributed by atoms with Crippen molar-refractivity contribution in [3.05, 3.63) is 11.1 Å². The summed E-state index contributed by atoms with van der Waals surface area (Å²) in [6.07, 6.45) is 3.62. The van der Waals surface area contributed by atoms with E-state index in [9.17, 15) is 15.0 Å². The van der Waals surface area contributed by atoms with Crippen molar-refractivity contribution in [1.82, 2.24) is 0 Å². The molecule has 0 aromatic rings. The van der Waals surface area contributed by atoms with Crippen molar-refractivity contribution >= 4 is 5.97 Å². The Bertz CT molecular complexity index is 451. The molecule has 19 heavy (non-hydrogen) atoms. The predicted molar refractivity (Wildman–Crippen MR) is 69.7 cm³/mol. The van der Waals surface area contributed by atoms with Crippen LogP contribution >= 0.6 is 0 Å². The first kappa shape index (κ1) is 13.1. The standard InChI is InChI=1S/C15H22O4/c1-9(2)10-3-4-14-7-12(19-8-14)15(18,13(16)17)6-11(14)5-10/h11-12,18H,3-8H2,1-2H3,(H,16,17)/t11?,12-,14-,15-/m1/s1. The summed E-state index contributed by atoms with van der Waals surface area (Å²) < 4.78 is 5.66. The number of allylic oxidation sites excluding steroid dienone is 2. The molecular formula is C15H22O4. The molecule has 2 aliphatic carbocycles. The summed E-state index contributed by atoms with van der Waals surface area (Å²) >= 11 is 0. The maximum Gasteiger partial charge on any atom is 0.338 e. The second kappa shape index (κ2) is 4.06. The van der Waals surface area contributed by atoms with E-state index in [0.717, 1.165) is 19.3 Å². The molecule has 2 saturated carbocycles. The monoisotopic (exact) mass is 266 g/mol. The minimum absolute atomic E-state index is 0.116. The van der Waals surface area contributed by atoms with E-state index < -0.39 is 17.7 Å². The molecule has 3 aliphatic rings. The van der Waals surface area contributed by atoms with Crippen LogP contribution in [-0.2, 0) is 9.53 Å². The molecule has 2 N–H and O–H groups in total. The van der Waals surface area contributed by atoms with Gasteiger partial charge in [-0.15, -0.1) is 0 Å². The van der Waals surface area contributed by atoms with Crippen molar-refractivity contribution in [3.63, 3.8) is 0 Å². The van der Waals surface area contributed by atoms with Crippen LogP contribution in [-0.4, -0.2) is 34.5 Å². The van der Waals surface area contributed by atoms with Crippen LogP contribution in [0.1, 0.15) is 46.0 Å². The second-order valence-corrected chi connectivity index (χ2v) is 6.80. The van der Waals surface area contributed by atoms with E-state index in [2.05, 4.69) is 13.8 Å². The van der Waals surface area contributed by atoms with Gasteiger partial charge < -0.3 is 14.9 Å². The van der Waals surface area contributed by atoms with E-state index in [0.29, 0.717) is 19.4 Å². The molecule has 4 heteroatoms. The van der Waals surface area contributed by atoms with Crippen molar-refractivity contribution in [3.8, 4) is 0 Å². The Labute approximate surface area is 113 Å². The number of ether oxygens (including phenoxy) is 1. The lowest BCUT2D eigenvalue weighted by molar-refractivity contribution is -0.178. The van der Waals surface area contributed by atoms with Crippen molar-refractivity contribution in [1.29, 1.82) is 0 Å². The van der Waals surface area contributed by atoms with Crippen molar-refractivity contribution in [2.75, 3.05) is 6.61 Å².